The molecule has 0 saturated heterocycles. The van der Waals surface area contributed by atoms with Gasteiger partial charge in [-0.15, -0.1) is 0 Å². The summed E-state index contributed by atoms with van der Waals surface area (Å²) in [6.07, 6.45) is 7.34. The van der Waals surface area contributed by atoms with Crippen LogP contribution in [0.1, 0.15) is 35.3 Å². The van der Waals surface area contributed by atoms with Crippen molar-refractivity contribution < 1.29 is 9.90 Å². The van der Waals surface area contributed by atoms with E-state index in [0.29, 0.717) is 11.1 Å². The van der Waals surface area contributed by atoms with Crippen LogP contribution in [0.15, 0.2) is 30.9 Å². The molecule has 0 spiro atoms. The van der Waals surface area contributed by atoms with E-state index in [4.69, 9.17) is 0 Å². The molecular formula is C15H20N4O2. The van der Waals surface area contributed by atoms with Gasteiger partial charge in [0, 0.05) is 36.8 Å². The van der Waals surface area contributed by atoms with Crippen LogP contribution < -0.4 is 5.32 Å². The Bertz CT molecular complexity index is 634. The largest absolute Gasteiger partial charge is 0.383 e. The van der Waals surface area contributed by atoms with Gasteiger partial charge in [-0.25, -0.2) is 0 Å². The minimum absolute atomic E-state index is 0.114. The number of carbonyl (C=O) groups is 1. The van der Waals surface area contributed by atoms with Crippen LogP contribution in [-0.2, 0) is 19.1 Å². The van der Waals surface area contributed by atoms with E-state index in [1.807, 2.05) is 6.92 Å². The average Bonchev–Trinajstić information content (AvgIpc) is 2.92. The van der Waals surface area contributed by atoms with Gasteiger partial charge in [0.05, 0.1) is 12.7 Å². The Labute approximate surface area is 123 Å². The Morgan fingerprint density at radius 1 is 1.48 bits per heavy atom. The molecule has 6 heteroatoms. The summed E-state index contributed by atoms with van der Waals surface area (Å²) in [4.78, 5) is 16.3. The predicted molar refractivity (Wildman–Crippen MR) is 78.7 cm³/mol. The first-order chi connectivity index (χ1) is 9.94. The molecule has 0 saturated carbocycles. The van der Waals surface area contributed by atoms with Gasteiger partial charge in [-0.05, 0) is 25.0 Å². The molecule has 0 radical (unpaired) electrons. The molecule has 2 aromatic rings. The molecule has 0 fully saturated rings. The molecule has 21 heavy (non-hydrogen) atoms. The van der Waals surface area contributed by atoms with Gasteiger partial charge in [-0.1, -0.05) is 6.92 Å². The van der Waals surface area contributed by atoms with Crippen molar-refractivity contribution in [3.05, 3.63) is 47.5 Å². The summed E-state index contributed by atoms with van der Waals surface area (Å²) in [6, 6.07) is 1.69. The molecule has 1 amide bonds. The topological polar surface area (TPSA) is 80.0 Å². The maximum absolute atomic E-state index is 12.2. The molecule has 1 unspecified atom stereocenters. The number of aryl methyl sites for hydroxylation is 2. The highest BCUT2D eigenvalue weighted by Crippen LogP contribution is 2.19. The number of nitrogens with one attached hydrogen (secondary N) is 1. The van der Waals surface area contributed by atoms with E-state index in [2.05, 4.69) is 15.4 Å². The molecule has 6 nitrogen and oxygen atoms in total. The van der Waals surface area contributed by atoms with E-state index >= 15 is 0 Å². The predicted octanol–water partition coefficient (Wildman–Crippen LogP) is 1.01. The Hall–Kier alpha value is -2.21. The third kappa shape index (κ3) is 3.46. The maximum Gasteiger partial charge on any atom is 0.251 e. The Kier molecular flexibility index (Phi) is 4.37. The standard InChI is InChI=1S/C15H20N4O2/c1-4-11-7-16-6-5-13(11)14(20)17-10-15(2,21)12-8-18-19(3)9-12/h5-9,21H,4,10H2,1-3H3,(H,17,20). The first-order valence-electron chi connectivity index (χ1n) is 6.86. The fourth-order valence-corrected chi connectivity index (χ4v) is 2.08. The van der Waals surface area contributed by atoms with Crippen molar-refractivity contribution in [2.24, 2.45) is 7.05 Å². The molecule has 1 atom stereocenters. The maximum atomic E-state index is 12.2. The van der Waals surface area contributed by atoms with Gasteiger partial charge in [0.15, 0.2) is 0 Å². The van der Waals surface area contributed by atoms with Crippen molar-refractivity contribution in [3.8, 4) is 0 Å². The Balaban J connectivity index is 2.07. The molecule has 2 rings (SSSR count). The number of aromatic nitrogens is 3. The van der Waals surface area contributed by atoms with Crippen molar-refractivity contribution in [1.29, 1.82) is 0 Å². The van der Waals surface area contributed by atoms with Crippen LogP contribution in [0.25, 0.3) is 0 Å². The molecule has 112 valence electrons. The molecular weight excluding hydrogens is 268 g/mol. The quantitative estimate of drug-likeness (QED) is 0.860. The zero-order chi connectivity index (χ0) is 15.5. The number of carbonyl (C=O) groups excluding carboxylic acids is 1. The van der Waals surface area contributed by atoms with Gasteiger partial charge < -0.3 is 10.4 Å². The van der Waals surface area contributed by atoms with Crippen LogP contribution >= 0.6 is 0 Å². The second-order valence-electron chi connectivity index (χ2n) is 5.25. The van der Waals surface area contributed by atoms with Crippen molar-refractivity contribution in [2.45, 2.75) is 25.9 Å². The van der Waals surface area contributed by atoms with Gasteiger partial charge in [0.2, 0.25) is 0 Å². The fourth-order valence-electron chi connectivity index (χ4n) is 2.08. The van der Waals surface area contributed by atoms with E-state index in [1.54, 1.807) is 49.5 Å². The lowest BCUT2D eigenvalue weighted by molar-refractivity contribution is 0.0525. The summed E-state index contributed by atoms with van der Waals surface area (Å²) in [5, 5.41) is 17.2. The minimum atomic E-state index is -1.16. The summed E-state index contributed by atoms with van der Waals surface area (Å²) >= 11 is 0. The Morgan fingerprint density at radius 3 is 2.86 bits per heavy atom. The lowest BCUT2D eigenvalue weighted by atomic mass is 9.99. The molecule has 0 bridgehead atoms. The van der Waals surface area contributed by atoms with E-state index in [-0.39, 0.29) is 12.5 Å². The van der Waals surface area contributed by atoms with Crippen molar-refractivity contribution in [1.82, 2.24) is 20.1 Å². The number of aliphatic hydroxyl groups is 1. The summed E-state index contributed by atoms with van der Waals surface area (Å²) < 4.78 is 1.61. The first kappa shape index (κ1) is 15.2. The van der Waals surface area contributed by atoms with E-state index < -0.39 is 5.60 Å². The van der Waals surface area contributed by atoms with Crippen LogP contribution in [0, 0.1) is 0 Å². The molecule has 0 aliphatic carbocycles. The van der Waals surface area contributed by atoms with Crippen LogP contribution in [0.5, 0.6) is 0 Å². The molecule has 2 N–H and O–H groups in total. The summed E-state index contributed by atoms with van der Waals surface area (Å²) in [5.74, 6) is -0.210. The van der Waals surface area contributed by atoms with Gasteiger partial charge in [0.1, 0.15) is 5.60 Å². The van der Waals surface area contributed by atoms with Gasteiger partial charge in [0.25, 0.3) is 5.91 Å². The number of hydrogen-bond acceptors (Lipinski definition) is 4. The first-order valence-corrected chi connectivity index (χ1v) is 6.86. The number of nitrogens with zero attached hydrogens (tertiary/aromatic N) is 3. The van der Waals surface area contributed by atoms with Crippen LogP contribution in [0.4, 0.5) is 0 Å². The highest BCUT2D eigenvalue weighted by molar-refractivity contribution is 5.95. The van der Waals surface area contributed by atoms with Crippen molar-refractivity contribution in [2.75, 3.05) is 6.54 Å². The lowest BCUT2D eigenvalue weighted by Gasteiger charge is -2.22. The van der Waals surface area contributed by atoms with Crippen LogP contribution in [-0.4, -0.2) is 32.3 Å². The highest BCUT2D eigenvalue weighted by Gasteiger charge is 2.25. The molecule has 0 aromatic carbocycles. The molecule has 0 aliphatic rings. The number of hydrogen-bond donors (Lipinski definition) is 2. The normalized spacial score (nSPS) is 13.7. The van der Waals surface area contributed by atoms with Gasteiger partial charge >= 0.3 is 0 Å². The lowest BCUT2D eigenvalue weighted by Crippen LogP contribution is -2.38. The summed E-state index contributed by atoms with van der Waals surface area (Å²) in [6.45, 7) is 3.74. The number of amides is 1. The third-order valence-corrected chi connectivity index (χ3v) is 3.45. The zero-order valence-electron chi connectivity index (χ0n) is 12.5. The number of rotatable bonds is 5. The molecule has 2 heterocycles. The summed E-state index contributed by atoms with van der Waals surface area (Å²) in [5.41, 5.74) is 0.977. The van der Waals surface area contributed by atoms with Gasteiger partial charge in [-0.2, -0.15) is 5.10 Å². The fraction of sp³-hybridized carbons (Fsp3) is 0.400. The average molecular weight is 288 g/mol. The smallest absolute Gasteiger partial charge is 0.251 e. The van der Waals surface area contributed by atoms with E-state index in [9.17, 15) is 9.90 Å². The molecule has 2 aromatic heterocycles. The van der Waals surface area contributed by atoms with Crippen LogP contribution in [0.3, 0.4) is 0 Å². The summed E-state index contributed by atoms with van der Waals surface area (Å²) in [7, 11) is 1.78. The monoisotopic (exact) mass is 288 g/mol. The SMILES string of the molecule is CCc1cnccc1C(=O)NCC(C)(O)c1cnn(C)c1. The van der Waals surface area contributed by atoms with Crippen LogP contribution in [0.2, 0.25) is 0 Å². The Morgan fingerprint density at radius 2 is 2.24 bits per heavy atom. The highest BCUT2D eigenvalue weighted by atomic mass is 16.3. The zero-order valence-corrected chi connectivity index (χ0v) is 12.5. The third-order valence-electron chi connectivity index (χ3n) is 3.45. The van der Waals surface area contributed by atoms with Gasteiger partial charge in [-0.3, -0.25) is 14.5 Å². The molecule has 0 aliphatic heterocycles. The van der Waals surface area contributed by atoms with Crippen molar-refractivity contribution >= 4 is 5.91 Å². The second kappa shape index (κ2) is 6.05. The second-order valence-corrected chi connectivity index (χ2v) is 5.25. The minimum Gasteiger partial charge on any atom is -0.383 e. The van der Waals surface area contributed by atoms with E-state index in [0.717, 1.165) is 12.0 Å². The van der Waals surface area contributed by atoms with E-state index in [1.165, 1.54) is 0 Å². The van der Waals surface area contributed by atoms with Crippen molar-refractivity contribution in [3.63, 3.8) is 0 Å². The number of pyridine rings is 1.